The van der Waals surface area contributed by atoms with Gasteiger partial charge in [0.25, 0.3) is 0 Å². The molecule has 1 spiro atoms. The molecule has 0 atom stereocenters. The van der Waals surface area contributed by atoms with Crippen LogP contribution in [0.3, 0.4) is 0 Å². The molecule has 5 nitrogen and oxygen atoms in total. The maximum absolute atomic E-state index is 13.0. The first-order valence-electron chi connectivity index (χ1n) is 10.1. The fourth-order valence-corrected chi connectivity index (χ4v) is 5.70. The Kier molecular flexibility index (Phi) is 5.42. The van der Waals surface area contributed by atoms with Crippen LogP contribution in [0.5, 0.6) is 0 Å². The van der Waals surface area contributed by atoms with E-state index in [1.807, 2.05) is 11.0 Å². The Balaban J connectivity index is 1.48. The van der Waals surface area contributed by atoms with E-state index < -0.39 is 9.84 Å². The van der Waals surface area contributed by atoms with E-state index in [4.69, 9.17) is 11.6 Å². The number of carbonyl (C=O) groups excluding carboxylic acids is 1. The smallest absolute Gasteiger partial charge is 0.227 e. The summed E-state index contributed by atoms with van der Waals surface area (Å²) in [4.78, 5) is 19.5. The predicted molar refractivity (Wildman–Crippen MR) is 114 cm³/mol. The van der Waals surface area contributed by atoms with Gasteiger partial charge in [-0.25, -0.2) is 13.4 Å². The van der Waals surface area contributed by atoms with Crippen molar-refractivity contribution in [2.45, 2.75) is 55.8 Å². The highest BCUT2D eigenvalue weighted by Gasteiger charge is 2.46. The Morgan fingerprint density at radius 1 is 1.21 bits per heavy atom. The van der Waals surface area contributed by atoms with Crippen molar-refractivity contribution < 1.29 is 13.2 Å². The molecule has 0 radical (unpaired) electrons. The molecule has 1 saturated carbocycles. The zero-order valence-electron chi connectivity index (χ0n) is 16.5. The highest BCUT2D eigenvalue weighted by molar-refractivity contribution is 7.91. The molecule has 1 aromatic carbocycles. The standard InChI is InChI=1S/C22H25ClN2O3S/c1-2-29(27,28)17-8-5-16(6-9-17)7-10-21(26)25-15-22(11-3-4-12-22)18-13-20(23)24-14-19(18)25/h5-6,8-9,13-14H,2-4,7,10-12,15H2,1H3. The summed E-state index contributed by atoms with van der Waals surface area (Å²) >= 11 is 6.15. The Hall–Kier alpha value is -1.92. The highest BCUT2D eigenvalue weighted by atomic mass is 35.5. The number of nitrogens with zero attached hydrogens (tertiary/aromatic N) is 2. The number of hydrogen-bond acceptors (Lipinski definition) is 4. The lowest BCUT2D eigenvalue weighted by Crippen LogP contribution is -2.35. The molecule has 0 N–H and O–H groups in total. The second-order valence-corrected chi connectivity index (χ2v) is 10.7. The molecule has 0 unspecified atom stereocenters. The molecule has 154 valence electrons. The van der Waals surface area contributed by atoms with E-state index in [9.17, 15) is 13.2 Å². The number of rotatable bonds is 5. The van der Waals surface area contributed by atoms with Gasteiger partial charge in [-0.1, -0.05) is 43.5 Å². The third-order valence-electron chi connectivity index (χ3n) is 6.32. The van der Waals surface area contributed by atoms with Crippen molar-refractivity contribution in [1.82, 2.24) is 4.98 Å². The Morgan fingerprint density at radius 3 is 2.55 bits per heavy atom. The van der Waals surface area contributed by atoms with Crippen LogP contribution < -0.4 is 4.90 Å². The monoisotopic (exact) mass is 432 g/mol. The summed E-state index contributed by atoms with van der Waals surface area (Å²) in [7, 11) is -3.20. The average molecular weight is 433 g/mol. The Morgan fingerprint density at radius 2 is 1.90 bits per heavy atom. The summed E-state index contributed by atoms with van der Waals surface area (Å²) in [6, 6.07) is 8.79. The first-order chi connectivity index (χ1) is 13.8. The molecule has 2 aliphatic rings. The lowest BCUT2D eigenvalue weighted by atomic mass is 9.81. The fourth-order valence-electron chi connectivity index (χ4n) is 4.65. The van der Waals surface area contributed by atoms with Crippen molar-refractivity contribution in [3.8, 4) is 0 Å². The van der Waals surface area contributed by atoms with Gasteiger partial charge in [-0.15, -0.1) is 0 Å². The molecular formula is C22H25ClN2O3S. The molecular weight excluding hydrogens is 408 g/mol. The zero-order chi connectivity index (χ0) is 20.6. The third kappa shape index (κ3) is 3.80. The number of carbonyl (C=O) groups is 1. The van der Waals surface area contributed by atoms with E-state index in [2.05, 4.69) is 4.98 Å². The Bertz CT molecular complexity index is 1030. The van der Waals surface area contributed by atoms with Gasteiger partial charge < -0.3 is 4.90 Å². The molecule has 29 heavy (non-hydrogen) atoms. The van der Waals surface area contributed by atoms with Crippen molar-refractivity contribution in [1.29, 1.82) is 0 Å². The first kappa shape index (κ1) is 20.4. The molecule has 1 amide bonds. The third-order valence-corrected chi connectivity index (χ3v) is 8.28. The van der Waals surface area contributed by atoms with Gasteiger partial charge in [-0.2, -0.15) is 0 Å². The van der Waals surface area contributed by atoms with Gasteiger partial charge in [0.15, 0.2) is 9.84 Å². The largest absolute Gasteiger partial charge is 0.310 e. The maximum Gasteiger partial charge on any atom is 0.227 e. The quantitative estimate of drug-likeness (QED) is 0.660. The van der Waals surface area contributed by atoms with E-state index >= 15 is 0 Å². The average Bonchev–Trinajstić information content (AvgIpc) is 3.32. The summed E-state index contributed by atoms with van der Waals surface area (Å²) in [5, 5.41) is 0.478. The van der Waals surface area contributed by atoms with Crippen LogP contribution >= 0.6 is 11.6 Å². The van der Waals surface area contributed by atoms with E-state index in [1.54, 1.807) is 37.4 Å². The van der Waals surface area contributed by atoms with Gasteiger partial charge >= 0.3 is 0 Å². The number of pyridine rings is 1. The Labute approximate surface area is 177 Å². The van der Waals surface area contributed by atoms with Crippen LogP contribution in [-0.4, -0.2) is 31.6 Å². The number of halogens is 1. The van der Waals surface area contributed by atoms with E-state index in [0.29, 0.717) is 29.4 Å². The second kappa shape index (κ2) is 7.73. The molecule has 0 saturated heterocycles. The molecule has 0 bridgehead atoms. The fraction of sp³-hybridized carbons (Fsp3) is 0.455. The van der Waals surface area contributed by atoms with Gasteiger partial charge in [0.05, 0.1) is 22.5 Å². The van der Waals surface area contributed by atoms with Crippen LogP contribution in [0.4, 0.5) is 5.69 Å². The summed E-state index contributed by atoms with van der Waals surface area (Å²) < 4.78 is 23.9. The van der Waals surface area contributed by atoms with Gasteiger partial charge in [0, 0.05) is 18.4 Å². The number of hydrogen-bond donors (Lipinski definition) is 0. The summed E-state index contributed by atoms with van der Waals surface area (Å²) in [5.41, 5.74) is 3.04. The minimum atomic E-state index is -3.20. The summed E-state index contributed by atoms with van der Waals surface area (Å²) in [6.07, 6.45) is 7.19. The molecule has 1 aliphatic carbocycles. The zero-order valence-corrected chi connectivity index (χ0v) is 18.1. The molecule has 4 rings (SSSR count). The number of anilines is 1. The lowest BCUT2D eigenvalue weighted by Gasteiger charge is -2.24. The van der Waals surface area contributed by atoms with Crippen molar-refractivity contribution >= 4 is 33.0 Å². The van der Waals surface area contributed by atoms with Gasteiger partial charge in [0.2, 0.25) is 5.91 Å². The normalized spacial score (nSPS) is 17.7. The van der Waals surface area contributed by atoms with Gasteiger partial charge in [-0.05, 0) is 48.6 Å². The lowest BCUT2D eigenvalue weighted by molar-refractivity contribution is -0.118. The molecule has 1 fully saturated rings. The summed E-state index contributed by atoms with van der Waals surface area (Å²) in [5.74, 6) is 0.156. The van der Waals surface area contributed by atoms with Crippen LogP contribution in [0.2, 0.25) is 5.15 Å². The van der Waals surface area contributed by atoms with Gasteiger partial charge in [-0.3, -0.25) is 4.79 Å². The van der Waals surface area contributed by atoms with E-state index in [-0.39, 0.29) is 17.1 Å². The number of amides is 1. The van der Waals surface area contributed by atoms with Crippen molar-refractivity contribution in [3.05, 3.63) is 52.8 Å². The van der Waals surface area contributed by atoms with Crippen molar-refractivity contribution in [3.63, 3.8) is 0 Å². The number of sulfone groups is 1. The highest BCUT2D eigenvalue weighted by Crippen LogP contribution is 2.50. The second-order valence-electron chi connectivity index (χ2n) is 8.04. The number of aromatic nitrogens is 1. The maximum atomic E-state index is 13.0. The summed E-state index contributed by atoms with van der Waals surface area (Å²) in [6.45, 7) is 2.34. The van der Waals surface area contributed by atoms with Crippen LogP contribution in [0.25, 0.3) is 0 Å². The number of fused-ring (bicyclic) bond motifs is 2. The van der Waals surface area contributed by atoms with Crippen LogP contribution in [0, 0.1) is 0 Å². The SMILES string of the molecule is CCS(=O)(=O)c1ccc(CCC(=O)N2CC3(CCCC3)c3cc(Cl)ncc32)cc1. The van der Waals surface area contributed by atoms with Crippen LogP contribution in [0.1, 0.15) is 50.2 Å². The first-order valence-corrected chi connectivity index (χ1v) is 12.2. The van der Waals surface area contributed by atoms with E-state index in [1.165, 1.54) is 12.8 Å². The van der Waals surface area contributed by atoms with E-state index in [0.717, 1.165) is 29.7 Å². The minimum absolute atomic E-state index is 0.0216. The minimum Gasteiger partial charge on any atom is -0.310 e. The van der Waals surface area contributed by atoms with Crippen LogP contribution in [-0.2, 0) is 26.5 Å². The topological polar surface area (TPSA) is 67.3 Å². The molecule has 7 heteroatoms. The van der Waals surface area contributed by atoms with Crippen molar-refractivity contribution in [2.24, 2.45) is 0 Å². The number of benzene rings is 1. The molecule has 1 aliphatic heterocycles. The number of aryl methyl sites for hydroxylation is 1. The predicted octanol–water partition coefficient (Wildman–Crippen LogP) is 4.32. The molecule has 2 heterocycles. The van der Waals surface area contributed by atoms with Crippen LogP contribution in [0.15, 0.2) is 41.4 Å². The van der Waals surface area contributed by atoms with Gasteiger partial charge in [0.1, 0.15) is 5.15 Å². The molecule has 1 aromatic heterocycles. The van der Waals surface area contributed by atoms with Crippen molar-refractivity contribution in [2.75, 3.05) is 17.2 Å². The molecule has 2 aromatic rings.